The highest BCUT2D eigenvalue weighted by atomic mass is 19.4. The number of nitrogens with zero attached hydrogens (tertiary/aromatic N) is 1. The van der Waals surface area contributed by atoms with E-state index < -0.39 is 18.8 Å². The molecule has 0 saturated carbocycles. The molecule has 0 spiro atoms. The Balaban J connectivity index is 3.65. The van der Waals surface area contributed by atoms with Crippen LogP contribution in [-0.2, 0) is 0 Å². The van der Waals surface area contributed by atoms with E-state index in [2.05, 4.69) is 5.32 Å². The second-order valence-electron chi connectivity index (χ2n) is 3.27. The van der Waals surface area contributed by atoms with Gasteiger partial charge in [0.15, 0.2) is 0 Å². The Morgan fingerprint density at radius 3 is 2.43 bits per heavy atom. The molecule has 0 heterocycles. The van der Waals surface area contributed by atoms with E-state index in [-0.39, 0.29) is 6.54 Å². The zero-order valence-corrected chi connectivity index (χ0v) is 8.43. The van der Waals surface area contributed by atoms with Crippen molar-refractivity contribution in [3.05, 3.63) is 0 Å². The van der Waals surface area contributed by atoms with Gasteiger partial charge in [-0.15, -0.1) is 0 Å². The van der Waals surface area contributed by atoms with Gasteiger partial charge >= 0.3 is 6.18 Å². The van der Waals surface area contributed by atoms with Crippen LogP contribution in [0.4, 0.5) is 13.2 Å². The lowest BCUT2D eigenvalue weighted by molar-refractivity contribution is -0.145. The molecule has 14 heavy (non-hydrogen) atoms. The van der Waals surface area contributed by atoms with E-state index in [9.17, 15) is 18.3 Å². The number of halogens is 3. The molecule has 0 aromatic carbocycles. The van der Waals surface area contributed by atoms with E-state index in [1.54, 1.807) is 0 Å². The molecule has 0 aliphatic heterocycles. The zero-order chi connectivity index (χ0) is 11.2. The number of hydrogen-bond acceptors (Lipinski definition) is 3. The third-order valence-corrected chi connectivity index (χ3v) is 1.60. The normalized spacial score (nSPS) is 14.8. The van der Waals surface area contributed by atoms with Gasteiger partial charge in [0, 0.05) is 13.1 Å². The maximum absolute atomic E-state index is 11.9. The summed E-state index contributed by atoms with van der Waals surface area (Å²) in [6, 6.07) is 0. The molecule has 0 radical (unpaired) electrons. The van der Waals surface area contributed by atoms with E-state index in [1.165, 1.54) is 7.05 Å². The number of aliphatic hydroxyl groups is 1. The summed E-state index contributed by atoms with van der Waals surface area (Å²) in [4.78, 5) is 1.06. The molecule has 0 aliphatic carbocycles. The van der Waals surface area contributed by atoms with Gasteiger partial charge in [-0.2, -0.15) is 13.2 Å². The first-order valence-corrected chi connectivity index (χ1v) is 4.49. The fourth-order valence-electron chi connectivity index (χ4n) is 1.11. The molecule has 0 rings (SSSR count). The predicted molar refractivity (Wildman–Crippen MR) is 48.1 cm³/mol. The molecule has 0 aromatic heterocycles. The summed E-state index contributed by atoms with van der Waals surface area (Å²) in [6.45, 7) is 1.91. The molecule has 0 fully saturated rings. The average Bonchev–Trinajstić information content (AvgIpc) is 1.96. The highest BCUT2D eigenvalue weighted by molar-refractivity contribution is 4.66. The van der Waals surface area contributed by atoms with Gasteiger partial charge in [0.05, 0.1) is 12.6 Å². The van der Waals surface area contributed by atoms with Crippen LogP contribution in [0.2, 0.25) is 0 Å². The van der Waals surface area contributed by atoms with Crippen molar-refractivity contribution in [3.63, 3.8) is 0 Å². The minimum Gasteiger partial charge on any atom is -0.390 e. The smallest absolute Gasteiger partial charge is 0.390 e. The van der Waals surface area contributed by atoms with Crippen LogP contribution in [0.5, 0.6) is 0 Å². The summed E-state index contributed by atoms with van der Waals surface area (Å²) in [7, 11) is 1.34. The Kier molecular flexibility index (Phi) is 6.06. The minimum atomic E-state index is -4.20. The maximum Gasteiger partial charge on any atom is 0.401 e. The first-order valence-electron chi connectivity index (χ1n) is 4.49. The van der Waals surface area contributed by atoms with Gasteiger partial charge in [0.2, 0.25) is 0 Å². The Morgan fingerprint density at radius 2 is 2.00 bits per heavy atom. The molecule has 0 amide bonds. The highest BCUT2D eigenvalue weighted by Gasteiger charge is 2.29. The topological polar surface area (TPSA) is 35.5 Å². The fourth-order valence-corrected chi connectivity index (χ4v) is 1.11. The summed E-state index contributed by atoms with van der Waals surface area (Å²) in [5.41, 5.74) is 0. The Hall–Kier alpha value is -0.330. The summed E-state index contributed by atoms with van der Waals surface area (Å²) in [5.74, 6) is 0. The van der Waals surface area contributed by atoms with Gasteiger partial charge in [0.1, 0.15) is 0 Å². The fraction of sp³-hybridized carbons (Fsp3) is 1.00. The van der Waals surface area contributed by atoms with Crippen molar-refractivity contribution in [3.8, 4) is 0 Å². The first-order chi connectivity index (χ1) is 6.35. The largest absolute Gasteiger partial charge is 0.401 e. The Labute approximate surface area is 81.9 Å². The van der Waals surface area contributed by atoms with Crippen LogP contribution in [0.1, 0.15) is 6.92 Å². The van der Waals surface area contributed by atoms with Gasteiger partial charge < -0.3 is 10.4 Å². The summed E-state index contributed by atoms with van der Waals surface area (Å²) in [6.07, 6.45) is -4.96. The monoisotopic (exact) mass is 214 g/mol. The van der Waals surface area contributed by atoms with Crippen molar-refractivity contribution >= 4 is 0 Å². The molecule has 3 nitrogen and oxygen atoms in total. The van der Waals surface area contributed by atoms with E-state index in [4.69, 9.17) is 0 Å². The molecular formula is C8H17F3N2O. The van der Waals surface area contributed by atoms with E-state index in [1.807, 2.05) is 6.92 Å². The third-order valence-electron chi connectivity index (χ3n) is 1.60. The molecule has 2 N–H and O–H groups in total. The first kappa shape index (κ1) is 13.7. The van der Waals surface area contributed by atoms with Crippen molar-refractivity contribution < 1.29 is 18.3 Å². The lowest BCUT2D eigenvalue weighted by Crippen LogP contribution is -2.40. The van der Waals surface area contributed by atoms with Gasteiger partial charge in [-0.3, -0.25) is 4.90 Å². The van der Waals surface area contributed by atoms with Gasteiger partial charge in [-0.25, -0.2) is 0 Å². The number of hydrogen-bond donors (Lipinski definition) is 2. The number of alkyl halides is 3. The molecule has 6 heteroatoms. The molecule has 1 unspecified atom stereocenters. The van der Waals surface area contributed by atoms with Crippen molar-refractivity contribution in [1.29, 1.82) is 0 Å². The number of likely N-dealkylation sites (N-methyl/N-ethyl adjacent to an activating group) is 2. The Bertz CT molecular complexity index is 152. The second-order valence-corrected chi connectivity index (χ2v) is 3.27. The molecule has 1 atom stereocenters. The van der Waals surface area contributed by atoms with Crippen molar-refractivity contribution in [1.82, 2.24) is 10.2 Å². The van der Waals surface area contributed by atoms with Crippen molar-refractivity contribution in [2.24, 2.45) is 0 Å². The van der Waals surface area contributed by atoms with Gasteiger partial charge in [-0.1, -0.05) is 6.92 Å². The van der Waals surface area contributed by atoms with Crippen molar-refractivity contribution in [2.45, 2.75) is 19.2 Å². The molecule has 0 saturated heterocycles. The lowest BCUT2D eigenvalue weighted by Gasteiger charge is -2.21. The SMILES string of the molecule is CCNCC(O)CN(C)CC(F)(F)F. The lowest BCUT2D eigenvalue weighted by atomic mass is 10.3. The number of nitrogens with one attached hydrogen (secondary N) is 1. The molecular weight excluding hydrogens is 197 g/mol. The van der Waals surface area contributed by atoms with E-state index in [0.29, 0.717) is 13.1 Å². The van der Waals surface area contributed by atoms with Gasteiger partial charge in [-0.05, 0) is 13.6 Å². The quantitative estimate of drug-likeness (QED) is 0.674. The van der Waals surface area contributed by atoms with Crippen molar-refractivity contribution in [2.75, 3.05) is 33.2 Å². The van der Waals surface area contributed by atoms with Crippen LogP contribution in [0.15, 0.2) is 0 Å². The number of aliphatic hydroxyl groups excluding tert-OH is 1. The standard InChI is InChI=1S/C8H17F3N2O/c1-3-12-4-7(14)5-13(2)6-8(9,10)11/h7,12,14H,3-6H2,1-2H3. The Morgan fingerprint density at radius 1 is 1.43 bits per heavy atom. The number of rotatable bonds is 6. The molecule has 0 aliphatic rings. The molecule has 0 bridgehead atoms. The van der Waals surface area contributed by atoms with E-state index >= 15 is 0 Å². The summed E-state index contributed by atoms with van der Waals surface area (Å²) in [5, 5.41) is 12.1. The summed E-state index contributed by atoms with van der Waals surface area (Å²) >= 11 is 0. The minimum absolute atomic E-state index is 0.0203. The van der Waals surface area contributed by atoms with Crippen LogP contribution in [0.25, 0.3) is 0 Å². The van der Waals surface area contributed by atoms with E-state index in [0.717, 1.165) is 4.90 Å². The average molecular weight is 214 g/mol. The predicted octanol–water partition coefficient (Wildman–Crippen LogP) is 0.451. The molecule has 0 aromatic rings. The van der Waals surface area contributed by atoms with Crippen LogP contribution in [0, 0.1) is 0 Å². The molecule has 86 valence electrons. The van der Waals surface area contributed by atoms with Crippen LogP contribution in [0.3, 0.4) is 0 Å². The van der Waals surface area contributed by atoms with Gasteiger partial charge in [0.25, 0.3) is 0 Å². The highest BCUT2D eigenvalue weighted by Crippen LogP contribution is 2.15. The maximum atomic E-state index is 11.9. The second kappa shape index (κ2) is 6.21. The third kappa shape index (κ3) is 8.28. The van der Waals surface area contributed by atoms with Crippen LogP contribution >= 0.6 is 0 Å². The van der Waals surface area contributed by atoms with Crippen LogP contribution in [-0.4, -0.2) is 55.5 Å². The van der Waals surface area contributed by atoms with Crippen LogP contribution < -0.4 is 5.32 Å². The summed E-state index contributed by atoms with van der Waals surface area (Å²) < 4.78 is 35.6. The zero-order valence-electron chi connectivity index (χ0n) is 8.43.